The summed E-state index contributed by atoms with van der Waals surface area (Å²) in [4.78, 5) is 13.8. The van der Waals surface area contributed by atoms with Gasteiger partial charge in [-0.3, -0.25) is 4.79 Å². The second kappa shape index (κ2) is 8.00. The smallest absolute Gasteiger partial charge is 0.261 e. The maximum absolute atomic E-state index is 11.8. The lowest BCUT2D eigenvalue weighted by Gasteiger charge is -2.11. The molecule has 0 heterocycles. The lowest BCUT2D eigenvalue weighted by atomic mass is 10.1. The average molecular weight is 271 g/mol. The Balaban J connectivity index is 2.78. The molecule has 0 unspecified atom stereocenters. The normalized spacial score (nSPS) is 10.8. The Morgan fingerprint density at radius 2 is 2.00 bits per heavy atom. The van der Waals surface area contributed by atoms with E-state index < -0.39 is 0 Å². The van der Waals surface area contributed by atoms with E-state index in [1.807, 2.05) is 49.3 Å². The summed E-state index contributed by atoms with van der Waals surface area (Å²) in [6.45, 7) is 2.66. The van der Waals surface area contributed by atoms with E-state index in [1.165, 1.54) is 0 Å². The fourth-order valence-electron chi connectivity index (χ4n) is 1.66. The molecule has 0 bridgehead atoms. The Labute approximate surface area is 120 Å². The number of unbranched alkanes of at least 4 members (excludes halogenated alkanes) is 1. The van der Waals surface area contributed by atoms with Gasteiger partial charge in [-0.1, -0.05) is 25.5 Å². The molecule has 106 valence electrons. The molecule has 0 fully saturated rings. The van der Waals surface area contributed by atoms with Crippen LogP contribution in [-0.4, -0.2) is 26.5 Å². The summed E-state index contributed by atoms with van der Waals surface area (Å²) in [6.07, 6.45) is 3.54. The Kier molecular flexibility index (Phi) is 6.31. The van der Waals surface area contributed by atoms with Crippen molar-refractivity contribution in [1.29, 1.82) is 5.26 Å². The quantitative estimate of drug-likeness (QED) is 0.491. The molecule has 1 amide bonds. The van der Waals surface area contributed by atoms with Gasteiger partial charge in [0, 0.05) is 26.3 Å². The van der Waals surface area contributed by atoms with Gasteiger partial charge in [-0.25, -0.2) is 0 Å². The zero-order valence-corrected chi connectivity index (χ0v) is 12.3. The number of nitrogens with zero attached hydrogens (tertiary/aromatic N) is 2. The first-order valence-corrected chi connectivity index (χ1v) is 6.76. The zero-order chi connectivity index (χ0) is 15.0. The van der Waals surface area contributed by atoms with Crippen LogP contribution >= 0.6 is 0 Å². The van der Waals surface area contributed by atoms with Gasteiger partial charge >= 0.3 is 0 Å². The van der Waals surface area contributed by atoms with Gasteiger partial charge in [0.2, 0.25) is 0 Å². The maximum atomic E-state index is 11.8. The van der Waals surface area contributed by atoms with Gasteiger partial charge in [0.25, 0.3) is 5.91 Å². The van der Waals surface area contributed by atoms with Gasteiger partial charge in [0.05, 0.1) is 0 Å². The molecule has 0 spiro atoms. The molecule has 1 N–H and O–H groups in total. The molecule has 0 radical (unpaired) electrons. The minimum absolute atomic E-state index is 0.138. The van der Waals surface area contributed by atoms with Gasteiger partial charge < -0.3 is 10.2 Å². The topological polar surface area (TPSA) is 56.1 Å². The number of carbonyl (C=O) groups is 1. The summed E-state index contributed by atoms with van der Waals surface area (Å²) in [5.74, 6) is -0.308. The van der Waals surface area contributed by atoms with Crippen LogP contribution in [0.15, 0.2) is 29.8 Å². The minimum Gasteiger partial charge on any atom is -0.378 e. The summed E-state index contributed by atoms with van der Waals surface area (Å²) in [5.41, 5.74) is 2.06. The molecule has 0 aromatic heterocycles. The second-order valence-electron chi connectivity index (χ2n) is 4.77. The van der Waals surface area contributed by atoms with Gasteiger partial charge in [-0.15, -0.1) is 0 Å². The summed E-state index contributed by atoms with van der Waals surface area (Å²) >= 11 is 0. The van der Waals surface area contributed by atoms with E-state index in [9.17, 15) is 4.79 Å². The van der Waals surface area contributed by atoms with Crippen molar-refractivity contribution in [1.82, 2.24) is 5.32 Å². The third-order valence-electron chi connectivity index (χ3n) is 2.90. The van der Waals surface area contributed by atoms with Crippen LogP contribution in [0.2, 0.25) is 0 Å². The van der Waals surface area contributed by atoms with Crippen molar-refractivity contribution < 1.29 is 4.79 Å². The fraction of sp³-hybridized carbons (Fsp3) is 0.375. The van der Waals surface area contributed by atoms with Crippen LogP contribution in [-0.2, 0) is 4.79 Å². The number of rotatable bonds is 6. The van der Waals surface area contributed by atoms with Crippen LogP contribution in [0.4, 0.5) is 5.69 Å². The SMILES string of the molecule is CCCCNC(=O)/C(C#N)=C/c1ccc(N(C)C)cc1. The molecular weight excluding hydrogens is 250 g/mol. The van der Waals surface area contributed by atoms with E-state index in [4.69, 9.17) is 5.26 Å². The predicted molar refractivity (Wildman–Crippen MR) is 82.3 cm³/mol. The van der Waals surface area contributed by atoms with Crippen molar-refractivity contribution in [2.45, 2.75) is 19.8 Å². The monoisotopic (exact) mass is 271 g/mol. The predicted octanol–water partition coefficient (Wildman–Crippen LogP) is 2.58. The highest BCUT2D eigenvalue weighted by molar-refractivity contribution is 6.01. The van der Waals surface area contributed by atoms with E-state index in [0.29, 0.717) is 6.54 Å². The van der Waals surface area contributed by atoms with Crippen molar-refractivity contribution in [3.8, 4) is 6.07 Å². The van der Waals surface area contributed by atoms with Gasteiger partial charge in [0.1, 0.15) is 11.6 Å². The third kappa shape index (κ3) is 4.77. The maximum Gasteiger partial charge on any atom is 0.261 e. The number of amides is 1. The number of hydrogen-bond donors (Lipinski definition) is 1. The second-order valence-corrected chi connectivity index (χ2v) is 4.77. The first-order chi connectivity index (χ1) is 9.58. The molecule has 1 aromatic rings. The molecule has 0 aliphatic heterocycles. The van der Waals surface area contributed by atoms with Crippen LogP contribution in [0.3, 0.4) is 0 Å². The number of benzene rings is 1. The lowest BCUT2D eigenvalue weighted by molar-refractivity contribution is -0.117. The summed E-state index contributed by atoms with van der Waals surface area (Å²) in [6, 6.07) is 9.65. The van der Waals surface area contributed by atoms with E-state index in [1.54, 1.807) is 6.08 Å². The number of nitrogens with one attached hydrogen (secondary N) is 1. The number of hydrogen-bond acceptors (Lipinski definition) is 3. The van der Waals surface area contributed by atoms with E-state index in [0.717, 1.165) is 24.1 Å². The fourth-order valence-corrected chi connectivity index (χ4v) is 1.66. The molecule has 20 heavy (non-hydrogen) atoms. The zero-order valence-electron chi connectivity index (χ0n) is 12.3. The first-order valence-electron chi connectivity index (χ1n) is 6.76. The standard InChI is InChI=1S/C16H21N3O/c1-4-5-10-18-16(20)14(12-17)11-13-6-8-15(9-7-13)19(2)3/h6-9,11H,4-5,10H2,1-3H3,(H,18,20)/b14-11+. The highest BCUT2D eigenvalue weighted by Gasteiger charge is 2.07. The molecule has 4 nitrogen and oxygen atoms in total. The molecule has 1 aromatic carbocycles. The molecule has 0 saturated heterocycles. The molecule has 1 rings (SSSR count). The molecule has 0 saturated carbocycles. The third-order valence-corrected chi connectivity index (χ3v) is 2.90. The largest absolute Gasteiger partial charge is 0.378 e. The van der Waals surface area contributed by atoms with E-state index in [2.05, 4.69) is 12.2 Å². The number of carbonyl (C=O) groups excluding carboxylic acids is 1. The molecule has 0 aliphatic rings. The molecular formula is C16H21N3O. The van der Waals surface area contributed by atoms with Crippen molar-refractivity contribution in [3.63, 3.8) is 0 Å². The highest BCUT2D eigenvalue weighted by Crippen LogP contribution is 2.14. The van der Waals surface area contributed by atoms with Crippen molar-refractivity contribution >= 4 is 17.7 Å². The van der Waals surface area contributed by atoms with E-state index >= 15 is 0 Å². The first kappa shape index (κ1) is 15.8. The van der Waals surface area contributed by atoms with Crippen molar-refractivity contribution in [2.75, 3.05) is 25.5 Å². The Morgan fingerprint density at radius 3 is 2.50 bits per heavy atom. The Morgan fingerprint density at radius 1 is 1.35 bits per heavy atom. The van der Waals surface area contributed by atoms with Crippen molar-refractivity contribution in [3.05, 3.63) is 35.4 Å². The summed E-state index contributed by atoms with van der Waals surface area (Å²) < 4.78 is 0. The minimum atomic E-state index is -0.308. The molecule has 0 aliphatic carbocycles. The van der Waals surface area contributed by atoms with E-state index in [-0.39, 0.29) is 11.5 Å². The summed E-state index contributed by atoms with van der Waals surface area (Å²) in [5, 5.41) is 11.8. The average Bonchev–Trinajstić information content (AvgIpc) is 2.45. The molecule has 4 heteroatoms. The summed E-state index contributed by atoms with van der Waals surface area (Å²) in [7, 11) is 3.93. The van der Waals surface area contributed by atoms with Crippen LogP contribution in [0.1, 0.15) is 25.3 Å². The van der Waals surface area contributed by atoms with Crippen LogP contribution in [0.25, 0.3) is 6.08 Å². The number of nitriles is 1. The van der Waals surface area contributed by atoms with Crippen LogP contribution < -0.4 is 10.2 Å². The Hall–Kier alpha value is -2.28. The number of anilines is 1. The van der Waals surface area contributed by atoms with Gasteiger partial charge in [-0.05, 0) is 30.2 Å². The lowest BCUT2D eigenvalue weighted by Crippen LogP contribution is -2.25. The Bertz CT molecular complexity index is 510. The highest BCUT2D eigenvalue weighted by atomic mass is 16.1. The van der Waals surface area contributed by atoms with Crippen molar-refractivity contribution in [2.24, 2.45) is 0 Å². The van der Waals surface area contributed by atoms with Crippen LogP contribution in [0.5, 0.6) is 0 Å². The van der Waals surface area contributed by atoms with Gasteiger partial charge in [0.15, 0.2) is 0 Å². The molecule has 0 atom stereocenters. The van der Waals surface area contributed by atoms with Gasteiger partial charge in [-0.2, -0.15) is 5.26 Å². The van der Waals surface area contributed by atoms with Crippen LogP contribution in [0, 0.1) is 11.3 Å².